The Kier molecular flexibility index (Phi) is 5.13. The predicted molar refractivity (Wildman–Crippen MR) is 109 cm³/mol. The number of hydrogen-bond acceptors (Lipinski definition) is 3. The Morgan fingerprint density at radius 1 is 1.11 bits per heavy atom. The molecule has 1 N–H and O–H groups in total. The molecule has 1 unspecified atom stereocenters. The van der Waals surface area contributed by atoms with E-state index >= 15 is 0 Å². The molecule has 0 aromatic heterocycles. The molecule has 1 fully saturated rings. The molecule has 1 atom stereocenters. The van der Waals surface area contributed by atoms with Gasteiger partial charge in [-0.2, -0.15) is 0 Å². The summed E-state index contributed by atoms with van der Waals surface area (Å²) in [7, 11) is 1.66. The van der Waals surface area contributed by atoms with E-state index in [0.717, 1.165) is 34.9 Å². The Morgan fingerprint density at radius 3 is 2.63 bits per heavy atom. The molecule has 1 saturated carbocycles. The number of rotatable bonds is 4. The minimum Gasteiger partial charge on any atom is -0.497 e. The van der Waals surface area contributed by atoms with E-state index in [2.05, 4.69) is 12.1 Å². The number of fused-ring (bicyclic) bond motifs is 1. The van der Waals surface area contributed by atoms with Gasteiger partial charge in [-0.1, -0.05) is 49.6 Å². The van der Waals surface area contributed by atoms with Crippen molar-refractivity contribution in [1.29, 1.82) is 0 Å². The molecule has 2 aromatic carbocycles. The molecule has 27 heavy (non-hydrogen) atoms. The minimum atomic E-state index is -0.490. The van der Waals surface area contributed by atoms with E-state index in [1.165, 1.54) is 24.8 Å². The van der Waals surface area contributed by atoms with Crippen LogP contribution in [0.2, 0.25) is 0 Å². The third kappa shape index (κ3) is 3.57. The van der Waals surface area contributed by atoms with Crippen LogP contribution in [0.25, 0.3) is 10.8 Å². The summed E-state index contributed by atoms with van der Waals surface area (Å²) in [5, 5.41) is 11.7. The van der Waals surface area contributed by atoms with Gasteiger partial charge in [-0.25, -0.2) is 0 Å². The van der Waals surface area contributed by atoms with E-state index in [-0.39, 0.29) is 5.78 Å². The highest BCUT2D eigenvalue weighted by Crippen LogP contribution is 2.38. The number of benzene rings is 2. The number of aliphatic hydroxyl groups is 1. The molecule has 3 nitrogen and oxygen atoms in total. The number of ether oxygens (including phenoxy) is 1. The van der Waals surface area contributed by atoms with Gasteiger partial charge in [0.05, 0.1) is 13.2 Å². The summed E-state index contributed by atoms with van der Waals surface area (Å²) >= 11 is 0. The van der Waals surface area contributed by atoms with Crippen molar-refractivity contribution in [1.82, 2.24) is 0 Å². The lowest BCUT2D eigenvalue weighted by Crippen LogP contribution is -2.15. The highest BCUT2D eigenvalue weighted by Gasteiger charge is 2.25. The summed E-state index contributed by atoms with van der Waals surface area (Å²) in [5.74, 6) is 1.31. The van der Waals surface area contributed by atoms with Crippen LogP contribution in [0.4, 0.5) is 0 Å². The molecule has 0 bridgehead atoms. The van der Waals surface area contributed by atoms with Crippen molar-refractivity contribution in [2.24, 2.45) is 0 Å². The molecule has 0 amide bonds. The monoisotopic (exact) mass is 362 g/mol. The minimum absolute atomic E-state index is 0.0643. The maximum absolute atomic E-state index is 13.5. The van der Waals surface area contributed by atoms with Gasteiger partial charge in [0.1, 0.15) is 5.75 Å². The van der Waals surface area contributed by atoms with Crippen molar-refractivity contribution in [3.05, 3.63) is 65.3 Å². The molecule has 4 rings (SSSR count). The van der Waals surface area contributed by atoms with Crippen LogP contribution in [-0.2, 0) is 0 Å². The van der Waals surface area contributed by atoms with E-state index in [0.29, 0.717) is 17.9 Å². The van der Waals surface area contributed by atoms with Gasteiger partial charge >= 0.3 is 0 Å². The first-order valence-corrected chi connectivity index (χ1v) is 9.89. The molecule has 2 aliphatic carbocycles. The van der Waals surface area contributed by atoms with E-state index in [9.17, 15) is 9.90 Å². The molecule has 140 valence electrons. The summed E-state index contributed by atoms with van der Waals surface area (Å²) in [6.07, 6.45) is 11.4. The average Bonchev–Trinajstić information content (AvgIpc) is 2.73. The number of ketones is 1. The van der Waals surface area contributed by atoms with Crippen LogP contribution < -0.4 is 4.74 Å². The largest absolute Gasteiger partial charge is 0.497 e. The van der Waals surface area contributed by atoms with E-state index < -0.39 is 6.10 Å². The van der Waals surface area contributed by atoms with Crippen LogP contribution in [0.3, 0.4) is 0 Å². The second-order valence-corrected chi connectivity index (χ2v) is 7.60. The number of carbonyl (C=O) groups is 1. The average molecular weight is 362 g/mol. The molecule has 0 saturated heterocycles. The van der Waals surface area contributed by atoms with Crippen molar-refractivity contribution in [2.45, 2.75) is 50.5 Å². The van der Waals surface area contributed by atoms with E-state index in [4.69, 9.17) is 4.74 Å². The van der Waals surface area contributed by atoms with E-state index in [1.54, 1.807) is 19.3 Å². The fraction of sp³-hybridized carbons (Fsp3) is 0.375. The van der Waals surface area contributed by atoms with E-state index in [1.807, 2.05) is 24.3 Å². The van der Waals surface area contributed by atoms with Crippen molar-refractivity contribution >= 4 is 16.6 Å². The Labute approximate surface area is 160 Å². The number of aliphatic hydroxyl groups excluding tert-OH is 1. The molecule has 2 aromatic rings. The fourth-order valence-corrected chi connectivity index (χ4v) is 4.38. The number of Topliss-reactive ketones (excluding diaryl/α,β-unsaturated/α-hetero) is 1. The molecule has 0 heterocycles. The smallest absolute Gasteiger partial charge is 0.193 e. The summed E-state index contributed by atoms with van der Waals surface area (Å²) in [4.78, 5) is 13.5. The standard InChI is InChI=1S/C24H26O3/c1-27-20-12-14-22-18(15-20)9-13-21(16-5-3-2-4-6-16)23(22)24(26)17-7-10-19(25)11-8-17/h7-10,12-16,19,25H,2-6,11H2,1H3. The Bertz CT molecular complexity index is 917. The zero-order valence-electron chi connectivity index (χ0n) is 15.8. The predicted octanol–water partition coefficient (Wildman–Crippen LogP) is 5.33. The topological polar surface area (TPSA) is 46.5 Å². The maximum Gasteiger partial charge on any atom is 0.193 e. The Morgan fingerprint density at radius 2 is 1.93 bits per heavy atom. The van der Waals surface area contributed by atoms with Crippen LogP contribution in [0.5, 0.6) is 5.75 Å². The number of hydrogen-bond donors (Lipinski definition) is 1. The number of carbonyl (C=O) groups excluding carboxylic acids is 1. The first kappa shape index (κ1) is 18.0. The zero-order chi connectivity index (χ0) is 18.8. The SMILES string of the molecule is COc1ccc2c(C(=O)C3=CCC(O)C=C3)c(C3CCCCC3)ccc2c1. The summed E-state index contributed by atoms with van der Waals surface area (Å²) < 4.78 is 5.36. The zero-order valence-corrected chi connectivity index (χ0v) is 15.8. The summed E-state index contributed by atoms with van der Waals surface area (Å²) in [6, 6.07) is 10.2. The van der Waals surface area contributed by atoms with Gasteiger partial charge in [0.15, 0.2) is 5.78 Å². The quantitative estimate of drug-likeness (QED) is 0.748. The summed E-state index contributed by atoms with van der Waals surface area (Å²) in [5.41, 5.74) is 2.69. The number of allylic oxidation sites excluding steroid dienone is 2. The first-order chi connectivity index (χ1) is 13.2. The van der Waals surface area contributed by atoms with Gasteiger partial charge in [-0.3, -0.25) is 4.79 Å². The van der Waals surface area contributed by atoms with Gasteiger partial charge in [0.2, 0.25) is 0 Å². The fourth-order valence-electron chi connectivity index (χ4n) is 4.38. The van der Waals surface area contributed by atoms with Gasteiger partial charge in [0.25, 0.3) is 0 Å². The van der Waals surface area contributed by atoms with Gasteiger partial charge in [-0.15, -0.1) is 0 Å². The van der Waals surface area contributed by atoms with Crippen LogP contribution in [0.1, 0.15) is 60.4 Å². The van der Waals surface area contributed by atoms with Gasteiger partial charge < -0.3 is 9.84 Å². The molecule has 0 aliphatic heterocycles. The van der Waals surface area contributed by atoms with Crippen molar-refractivity contribution in [2.75, 3.05) is 7.11 Å². The van der Waals surface area contributed by atoms with Crippen molar-refractivity contribution in [3.63, 3.8) is 0 Å². The summed E-state index contributed by atoms with van der Waals surface area (Å²) in [6.45, 7) is 0. The second kappa shape index (κ2) is 7.69. The normalized spacial score (nSPS) is 20.5. The Hall–Kier alpha value is -2.39. The highest BCUT2D eigenvalue weighted by molar-refractivity contribution is 6.18. The molecular formula is C24H26O3. The molecule has 0 radical (unpaired) electrons. The number of methoxy groups -OCH3 is 1. The second-order valence-electron chi connectivity index (χ2n) is 7.60. The van der Waals surface area contributed by atoms with Crippen LogP contribution in [0, 0.1) is 0 Å². The lowest BCUT2D eigenvalue weighted by Gasteiger charge is -2.25. The highest BCUT2D eigenvalue weighted by atomic mass is 16.5. The maximum atomic E-state index is 13.5. The third-order valence-corrected chi connectivity index (χ3v) is 5.87. The third-order valence-electron chi connectivity index (χ3n) is 5.87. The van der Waals surface area contributed by atoms with Crippen LogP contribution in [0.15, 0.2) is 54.1 Å². The van der Waals surface area contributed by atoms with Gasteiger partial charge in [0, 0.05) is 11.1 Å². The molecule has 0 spiro atoms. The molecular weight excluding hydrogens is 336 g/mol. The Balaban J connectivity index is 1.85. The molecule has 2 aliphatic rings. The first-order valence-electron chi connectivity index (χ1n) is 9.89. The van der Waals surface area contributed by atoms with Gasteiger partial charge in [-0.05, 0) is 59.7 Å². The van der Waals surface area contributed by atoms with Crippen LogP contribution in [-0.4, -0.2) is 24.1 Å². The van der Waals surface area contributed by atoms with Crippen molar-refractivity contribution in [3.8, 4) is 5.75 Å². The van der Waals surface area contributed by atoms with Crippen LogP contribution >= 0.6 is 0 Å². The van der Waals surface area contributed by atoms with Crippen molar-refractivity contribution < 1.29 is 14.6 Å². The lowest BCUT2D eigenvalue weighted by atomic mass is 9.79. The lowest BCUT2D eigenvalue weighted by molar-refractivity contribution is 0.103. The molecule has 3 heteroatoms.